The van der Waals surface area contributed by atoms with Gasteiger partial charge in [-0.05, 0) is 29.8 Å². The second-order valence-electron chi connectivity index (χ2n) is 8.32. The Kier molecular flexibility index (Phi) is 6.65. The lowest BCUT2D eigenvalue weighted by molar-refractivity contribution is 0.0349. The number of esters is 1. The molecule has 0 saturated carbocycles. The maximum Gasteiger partial charge on any atom is 0.339 e. The van der Waals surface area contributed by atoms with Crippen LogP contribution in [0, 0.1) is 0 Å². The van der Waals surface area contributed by atoms with Crippen LogP contribution in [0.15, 0.2) is 60.8 Å². The number of benzene rings is 2. The average molecular weight is 478 g/mol. The maximum atomic E-state index is 13.0. The number of amides is 2. The van der Waals surface area contributed by atoms with Crippen molar-refractivity contribution in [3.8, 4) is 11.1 Å². The lowest BCUT2D eigenvalue weighted by Crippen LogP contribution is -2.29. The number of rotatable bonds is 6. The van der Waals surface area contributed by atoms with E-state index in [0.717, 1.165) is 16.7 Å². The highest BCUT2D eigenvalue weighted by molar-refractivity contribution is 6.34. The zero-order chi connectivity index (χ0) is 24.4. The van der Waals surface area contributed by atoms with E-state index in [0.29, 0.717) is 34.8 Å². The Morgan fingerprint density at radius 1 is 1.00 bits per heavy atom. The summed E-state index contributed by atoms with van der Waals surface area (Å²) >= 11 is 6.46. The number of aromatic nitrogens is 1. The first-order chi connectivity index (χ1) is 16.3. The lowest BCUT2D eigenvalue weighted by atomic mass is 10.0. The molecule has 4 rings (SSSR count). The monoisotopic (exact) mass is 477 g/mol. The van der Waals surface area contributed by atoms with Crippen LogP contribution in [0.25, 0.3) is 11.1 Å². The van der Waals surface area contributed by atoms with Crippen molar-refractivity contribution in [2.45, 2.75) is 12.5 Å². The molecule has 1 unspecified atom stereocenters. The predicted molar refractivity (Wildman–Crippen MR) is 129 cm³/mol. The summed E-state index contributed by atoms with van der Waals surface area (Å²) in [6.45, 7) is 0.397. The van der Waals surface area contributed by atoms with Gasteiger partial charge in [0.25, 0.3) is 11.8 Å². The van der Waals surface area contributed by atoms with Crippen molar-refractivity contribution in [3.05, 3.63) is 88.2 Å². The molecule has 2 heterocycles. The number of pyridine rings is 1. The number of carbonyl (C=O) groups is 3. The minimum Gasteiger partial charge on any atom is -0.454 e. The highest BCUT2D eigenvalue weighted by atomic mass is 35.5. The number of carbonyl (C=O) groups excluding carboxylic acids is 3. The number of fused-ring (bicyclic) bond motifs is 1. The molecular weight excluding hydrogens is 454 g/mol. The summed E-state index contributed by atoms with van der Waals surface area (Å²) in [4.78, 5) is 44.3. The zero-order valence-electron chi connectivity index (χ0n) is 19.1. The largest absolute Gasteiger partial charge is 0.454 e. The summed E-state index contributed by atoms with van der Waals surface area (Å²) in [5, 5.41) is 0.320. The minimum absolute atomic E-state index is 0.176. The standard InChI is InChI=1S/C26H24ClN3O4/c1-29(2)25(32)22-11-9-17(15-28-22)16-8-10-20(21(27)14-16)24(31)30(3)13-12-23-18-6-4-5-7-19(18)26(33)34-23/h4-11,14-15,23H,12-13H2,1-3H3. The molecule has 7 nitrogen and oxygen atoms in total. The molecule has 2 aromatic carbocycles. The van der Waals surface area contributed by atoms with Crippen molar-refractivity contribution in [1.82, 2.24) is 14.8 Å². The molecule has 0 radical (unpaired) electrons. The Labute approximate surface area is 202 Å². The van der Waals surface area contributed by atoms with E-state index in [4.69, 9.17) is 16.3 Å². The van der Waals surface area contributed by atoms with Gasteiger partial charge in [0.1, 0.15) is 11.8 Å². The van der Waals surface area contributed by atoms with Gasteiger partial charge in [-0.15, -0.1) is 0 Å². The van der Waals surface area contributed by atoms with E-state index in [1.54, 1.807) is 74.7 Å². The van der Waals surface area contributed by atoms with Crippen LogP contribution in [0.2, 0.25) is 5.02 Å². The van der Waals surface area contributed by atoms with Crippen LogP contribution in [0.5, 0.6) is 0 Å². The van der Waals surface area contributed by atoms with Gasteiger partial charge in [-0.1, -0.05) is 41.9 Å². The van der Waals surface area contributed by atoms with E-state index in [1.165, 1.54) is 4.90 Å². The molecule has 0 bridgehead atoms. The third-order valence-electron chi connectivity index (χ3n) is 5.77. The molecule has 2 amide bonds. The summed E-state index contributed by atoms with van der Waals surface area (Å²) in [7, 11) is 5.03. The molecule has 34 heavy (non-hydrogen) atoms. The molecule has 1 aromatic heterocycles. The third-order valence-corrected chi connectivity index (χ3v) is 6.08. The Bertz CT molecular complexity index is 1260. The second kappa shape index (κ2) is 9.65. The summed E-state index contributed by atoms with van der Waals surface area (Å²) in [6.07, 6.45) is 1.73. The first-order valence-corrected chi connectivity index (χ1v) is 11.2. The topological polar surface area (TPSA) is 79.8 Å². The Morgan fingerprint density at radius 2 is 1.74 bits per heavy atom. The molecule has 3 aromatic rings. The summed E-state index contributed by atoms with van der Waals surface area (Å²) < 4.78 is 5.46. The maximum absolute atomic E-state index is 13.0. The van der Waals surface area contributed by atoms with Crippen molar-refractivity contribution in [2.75, 3.05) is 27.7 Å². The van der Waals surface area contributed by atoms with Crippen LogP contribution in [-0.2, 0) is 4.74 Å². The minimum atomic E-state index is -0.369. The van der Waals surface area contributed by atoms with Gasteiger partial charge in [0, 0.05) is 51.4 Å². The Morgan fingerprint density at radius 3 is 2.41 bits per heavy atom. The van der Waals surface area contributed by atoms with E-state index in [2.05, 4.69) is 4.98 Å². The van der Waals surface area contributed by atoms with Crippen molar-refractivity contribution in [3.63, 3.8) is 0 Å². The van der Waals surface area contributed by atoms with Crippen LogP contribution < -0.4 is 0 Å². The van der Waals surface area contributed by atoms with Gasteiger partial charge in [0.2, 0.25) is 0 Å². The molecular formula is C26H24ClN3O4. The van der Waals surface area contributed by atoms with Gasteiger partial charge in [-0.25, -0.2) is 4.79 Å². The SMILES string of the molecule is CN(C)C(=O)c1ccc(-c2ccc(C(=O)N(C)CCC3OC(=O)c4ccccc43)c(Cl)c2)cn1. The second-order valence-corrected chi connectivity index (χ2v) is 8.73. The zero-order valence-corrected chi connectivity index (χ0v) is 19.9. The molecule has 1 aliphatic rings. The molecule has 1 aliphatic heterocycles. The van der Waals surface area contributed by atoms with E-state index in [-0.39, 0.29) is 23.9 Å². The fourth-order valence-corrected chi connectivity index (χ4v) is 4.10. The molecule has 0 fully saturated rings. The van der Waals surface area contributed by atoms with E-state index >= 15 is 0 Å². The van der Waals surface area contributed by atoms with Crippen LogP contribution in [0.4, 0.5) is 0 Å². The Hall–Kier alpha value is -3.71. The molecule has 174 valence electrons. The van der Waals surface area contributed by atoms with Gasteiger partial charge in [0.05, 0.1) is 16.1 Å². The summed E-state index contributed by atoms with van der Waals surface area (Å²) in [5.41, 5.74) is 3.73. The number of hydrogen-bond donors (Lipinski definition) is 0. The molecule has 0 saturated heterocycles. The average Bonchev–Trinajstić information content (AvgIpc) is 3.17. The molecule has 0 spiro atoms. The van der Waals surface area contributed by atoms with Crippen molar-refractivity contribution in [2.24, 2.45) is 0 Å². The van der Waals surface area contributed by atoms with Crippen LogP contribution in [-0.4, -0.2) is 60.3 Å². The van der Waals surface area contributed by atoms with Gasteiger partial charge in [0.15, 0.2) is 0 Å². The smallest absolute Gasteiger partial charge is 0.339 e. The number of halogens is 1. The van der Waals surface area contributed by atoms with Crippen molar-refractivity contribution in [1.29, 1.82) is 0 Å². The normalized spacial score (nSPS) is 14.4. The van der Waals surface area contributed by atoms with Crippen molar-refractivity contribution >= 4 is 29.4 Å². The van der Waals surface area contributed by atoms with E-state index in [9.17, 15) is 14.4 Å². The van der Waals surface area contributed by atoms with Gasteiger partial charge < -0.3 is 14.5 Å². The summed E-state index contributed by atoms with van der Waals surface area (Å²) in [6, 6.07) is 15.9. The number of cyclic esters (lactones) is 1. The van der Waals surface area contributed by atoms with Gasteiger partial charge >= 0.3 is 5.97 Å². The van der Waals surface area contributed by atoms with Gasteiger partial charge in [-0.2, -0.15) is 0 Å². The third kappa shape index (κ3) is 4.65. The van der Waals surface area contributed by atoms with Crippen LogP contribution >= 0.6 is 11.6 Å². The van der Waals surface area contributed by atoms with E-state index in [1.807, 2.05) is 12.1 Å². The highest BCUT2D eigenvalue weighted by Crippen LogP contribution is 2.33. The number of ether oxygens (including phenoxy) is 1. The van der Waals surface area contributed by atoms with E-state index < -0.39 is 0 Å². The first-order valence-electron chi connectivity index (χ1n) is 10.8. The number of nitrogens with zero attached hydrogens (tertiary/aromatic N) is 3. The molecule has 0 N–H and O–H groups in total. The lowest BCUT2D eigenvalue weighted by Gasteiger charge is -2.20. The van der Waals surface area contributed by atoms with Crippen LogP contribution in [0.3, 0.4) is 0 Å². The molecule has 1 atom stereocenters. The highest BCUT2D eigenvalue weighted by Gasteiger charge is 2.30. The van der Waals surface area contributed by atoms with Crippen molar-refractivity contribution < 1.29 is 19.1 Å². The molecule has 8 heteroatoms. The first kappa shape index (κ1) is 23.4. The van der Waals surface area contributed by atoms with Gasteiger partial charge in [-0.3, -0.25) is 14.6 Å². The van der Waals surface area contributed by atoms with Crippen LogP contribution in [0.1, 0.15) is 49.3 Å². The number of hydrogen-bond acceptors (Lipinski definition) is 5. The molecule has 0 aliphatic carbocycles. The Balaban J connectivity index is 1.43. The fourth-order valence-electron chi connectivity index (χ4n) is 3.84. The predicted octanol–water partition coefficient (Wildman–Crippen LogP) is 4.48. The quantitative estimate of drug-likeness (QED) is 0.489. The fraction of sp³-hybridized carbons (Fsp3) is 0.231. The summed E-state index contributed by atoms with van der Waals surface area (Å²) in [5.74, 6) is -0.731.